The van der Waals surface area contributed by atoms with E-state index in [9.17, 15) is 9.59 Å². The summed E-state index contributed by atoms with van der Waals surface area (Å²) >= 11 is 0. The van der Waals surface area contributed by atoms with Crippen LogP contribution in [-0.2, 0) is 4.79 Å². The summed E-state index contributed by atoms with van der Waals surface area (Å²) in [7, 11) is 0. The molecule has 0 saturated carbocycles. The first-order valence-electron chi connectivity index (χ1n) is 7.60. The Hall–Kier alpha value is -2.82. The van der Waals surface area contributed by atoms with Gasteiger partial charge < -0.3 is 15.4 Å². The third kappa shape index (κ3) is 3.34. The molecule has 0 radical (unpaired) electrons. The fourth-order valence-electron chi connectivity index (χ4n) is 2.56. The number of carbonyl (C=O) groups excluding carboxylic acids is 2. The Kier molecular flexibility index (Phi) is 4.28. The van der Waals surface area contributed by atoms with E-state index in [4.69, 9.17) is 4.74 Å². The van der Waals surface area contributed by atoms with Gasteiger partial charge in [0.2, 0.25) is 0 Å². The van der Waals surface area contributed by atoms with Gasteiger partial charge in [0, 0.05) is 5.56 Å². The molecule has 2 N–H and O–H groups in total. The van der Waals surface area contributed by atoms with Crippen LogP contribution < -0.4 is 15.4 Å². The average molecular weight is 310 g/mol. The van der Waals surface area contributed by atoms with Gasteiger partial charge in [0.05, 0.1) is 11.7 Å². The minimum atomic E-state index is -0.190. The first-order chi connectivity index (χ1) is 11.2. The predicted molar refractivity (Wildman–Crippen MR) is 87.5 cm³/mol. The van der Waals surface area contributed by atoms with Gasteiger partial charge in [-0.3, -0.25) is 9.59 Å². The molecule has 118 valence electrons. The van der Waals surface area contributed by atoms with Crippen LogP contribution in [0.4, 0.5) is 5.69 Å². The highest BCUT2D eigenvalue weighted by Crippen LogP contribution is 2.28. The van der Waals surface area contributed by atoms with E-state index in [1.807, 2.05) is 37.3 Å². The highest BCUT2D eigenvalue weighted by molar-refractivity contribution is 5.99. The number of nitrogens with one attached hydrogen (secondary N) is 2. The minimum Gasteiger partial charge on any atom is -0.482 e. The van der Waals surface area contributed by atoms with Crippen LogP contribution in [-0.4, -0.2) is 18.4 Å². The molecule has 0 bridgehead atoms. The third-order valence-corrected chi connectivity index (χ3v) is 3.79. The second-order valence-electron chi connectivity index (χ2n) is 5.39. The van der Waals surface area contributed by atoms with Crippen molar-refractivity contribution in [2.75, 3.05) is 11.9 Å². The number of hydrogen-bond acceptors (Lipinski definition) is 3. The lowest BCUT2D eigenvalue weighted by molar-refractivity contribution is -0.118. The molecule has 2 aromatic carbocycles. The maximum Gasteiger partial charge on any atom is 0.262 e. The maximum atomic E-state index is 12.5. The van der Waals surface area contributed by atoms with Crippen molar-refractivity contribution in [3.63, 3.8) is 0 Å². The van der Waals surface area contributed by atoms with Gasteiger partial charge >= 0.3 is 0 Å². The zero-order valence-corrected chi connectivity index (χ0v) is 12.8. The molecular weight excluding hydrogens is 292 g/mol. The number of fused-ring (bicyclic) bond motifs is 1. The lowest BCUT2D eigenvalue weighted by atomic mass is 10.0. The Morgan fingerprint density at radius 2 is 2.04 bits per heavy atom. The van der Waals surface area contributed by atoms with Gasteiger partial charge in [-0.1, -0.05) is 37.3 Å². The molecule has 1 atom stereocenters. The van der Waals surface area contributed by atoms with Crippen LogP contribution in [0.25, 0.3) is 0 Å². The van der Waals surface area contributed by atoms with Crippen LogP contribution in [0, 0.1) is 0 Å². The summed E-state index contributed by atoms with van der Waals surface area (Å²) in [5.41, 5.74) is 2.17. The Balaban J connectivity index is 1.77. The number of ether oxygens (including phenoxy) is 1. The van der Waals surface area contributed by atoms with Gasteiger partial charge in [-0.2, -0.15) is 0 Å². The number of hydrogen-bond donors (Lipinski definition) is 2. The molecule has 1 aliphatic heterocycles. The molecule has 0 aliphatic carbocycles. The molecule has 23 heavy (non-hydrogen) atoms. The molecule has 5 nitrogen and oxygen atoms in total. The predicted octanol–water partition coefficient (Wildman–Crippen LogP) is 2.90. The van der Waals surface area contributed by atoms with Crippen molar-refractivity contribution in [2.45, 2.75) is 19.4 Å². The zero-order valence-electron chi connectivity index (χ0n) is 12.8. The Bertz CT molecular complexity index is 728. The summed E-state index contributed by atoms with van der Waals surface area (Å²) in [6.07, 6.45) is 0.799. The largest absolute Gasteiger partial charge is 0.482 e. The van der Waals surface area contributed by atoms with Gasteiger partial charge in [0.15, 0.2) is 6.61 Å². The zero-order chi connectivity index (χ0) is 16.2. The number of amides is 2. The summed E-state index contributed by atoms with van der Waals surface area (Å²) in [5.74, 6) is 0.166. The van der Waals surface area contributed by atoms with Gasteiger partial charge in [0.1, 0.15) is 5.75 Å². The van der Waals surface area contributed by atoms with Crippen molar-refractivity contribution in [3.05, 3.63) is 59.7 Å². The van der Waals surface area contributed by atoms with E-state index in [-0.39, 0.29) is 24.5 Å². The molecule has 0 unspecified atom stereocenters. The van der Waals surface area contributed by atoms with Crippen molar-refractivity contribution in [1.82, 2.24) is 5.32 Å². The van der Waals surface area contributed by atoms with Gasteiger partial charge in [0.25, 0.3) is 11.8 Å². The standard InChI is InChI=1S/C18H18N2O3/c1-2-14(12-6-4-3-5-7-12)20-18(22)13-8-9-15-16(10-13)23-11-17(21)19-15/h3-10,14H,2,11H2,1H3,(H,19,21)(H,20,22)/t14-/m1/s1. The number of carbonyl (C=O) groups is 2. The quantitative estimate of drug-likeness (QED) is 0.912. The summed E-state index contributed by atoms with van der Waals surface area (Å²) in [5, 5.41) is 5.74. The minimum absolute atomic E-state index is 0.0281. The van der Waals surface area contributed by atoms with Gasteiger partial charge in [-0.05, 0) is 30.2 Å². The van der Waals surface area contributed by atoms with Crippen LogP contribution in [0.1, 0.15) is 35.3 Å². The normalized spacial score (nSPS) is 14.2. The first kappa shape index (κ1) is 15.1. The van der Waals surface area contributed by atoms with E-state index in [1.54, 1.807) is 18.2 Å². The van der Waals surface area contributed by atoms with Crippen molar-refractivity contribution in [1.29, 1.82) is 0 Å². The molecule has 3 rings (SSSR count). The average Bonchev–Trinajstić information content (AvgIpc) is 2.59. The van der Waals surface area contributed by atoms with Crippen molar-refractivity contribution < 1.29 is 14.3 Å². The Labute approximate surface area is 134 Å². The van der Waals surface area contributed by atoms with Crippen molar-refractivity contribution in [2.24, 2.45) is 0 Å². The van der Waals surface area contributed by atoms with Gasteiger partial charge in [-0.15, -0.1) is 0 Å². The van der Waals surface area contributed by atoms with E-state index in [1.165, 1.54) is 0 Å². The first-order valence-corrected chi connectivity index (χ1v) is 7.60. The highest BCUT2D eigenvalue weighted by Gasteiger charge is 2.19. The molecule has 2 aromatic rings. The van der Waals surface area contributed by atoms with E-state index >= 15 is 0 Å². The molecule has 0 fully saturated rings. The molecule has 2 amide bonds. The monoisotopic (exact) mass is 310 g/mol. The second-order valence-corrected chi connectivity index (χ2v) is 5.39. The smallest absolute Gasteiger partial charge is 0.262 e. The van der Waals surface area contributed by atoms with Crippen LogP contribution in [0.3, 0.4) is 0 Å². The van der Waals surface area contributed by atoms with E-state index in [2.05, 4.69) is 10.6 Å². The topological polar surface area (TPSA) is 67.4 Å². The van der Waals surface area contributed by atoms with Crippen molar-refractivity contribution >= 4 is 17.5 Å². The summed E-state index contributed by atoms with van der Waals surface area (Å²) in [6.45, 7) is 2.00. The molecule has 5 heteroatoms. The van der Waals surface area contributed by atoms with Gasteiger partial charge in [-0.25, -0.2) is 0 Å². The van der Waals surface area contributed by atoms with Crippen LogP contribution in [0.5, 0.6) is 5.75 Å². The number of benzene rings is 2. The Morgan fingerprint density at radius 3 is 2.78 bits per heavy atom. The highest BCUT2D eigenvalue weighted by atomic mass is 16.5. The summed E-state index contributed by atoms with van der Waals surface area (Å²) in [4.78, 5) is 23.8. The fourth-order valence-corrected chi connectivity index (χ4v) is 2.56. The van der Waals surface area contributed by atoms with E-state index < -0.39 is 0 Å². The lowest BCUT2D eigenvalue weighted by Gasteiger charge is -2.20. The maximum absolute atomic E-state index is 12.5. The Morgan fingerprint density at radius 1 is 1.26 bits per heavy atom. The summed E-state index contributed by atoms with van der Waals surface area (Å²) < 4.78 is 5.35. The van der Waals surface area contributed by atoms with Crippen LogP contribution in [0.15, 0.2) is 48.5 Å². The summed E-state index contributed by atoms with van der Waals surface area (Å²) in [6, 6.07) is 14.8. The molecule has 0 aromatic heterocycles. The van der Waals surface area contributed by atoms with E-state index in [0.29, 0.717) is 17.0 Å². The van der Waals surface area contributed by atoms with Crippen molar-refractivity contribution in [3.8, 4) is 5.75 Å². The molecular formula is C18H18N2O3. The van der Waals surface area contributed by atoms with Crippen LogP contribution in [0.2, 0.25) is 0 Å². The SMILES string of the molecule is CC[C@@H](NC(=O)c1ccc2c(c1)OCC(=O)N2)c1ccccc1. The molecule has 0 spiro atoms. The van der Waals surface area contributed by atoms with E-state index in [0.717, 1.165) is 12.0 Å². The number of rotatable bonds is 4. The third-order valence-electron chi connectivity index (χ3n) is 3.79. The molecule has 1 aliphatic rings. The second kappa shape index (κ2) is 6.52. The lowest BCUT2D eigenvalue weighted by Crippen LogP contribution is -2.29. The van der Waals surface area contributed by atoms with Crippen LogP contribution >= 0.6 is 0 Å². The molecule has 0 saturated heterocycles. The fraction of sp³-hybridized carbons (Fsp3) is 0.222. The molecule has 1 heterocycles. The number of anilines is 1.